The molecule has 4 atom stereocenters. The van der Waals surface area contributed by atoms with E-state index >= 15 is 0 Å². The standard InChI is InChI=1S/C35H50N6O4/c1-8-36-32(42)29(23-14-12-15-23)40-33(43)35(6,20-45-7)24-17-18-26-27(19-24)39-31(38-26)30(41-34(44)37-9-2)28(21(3)4)25-16-11-10-13-22(25)5/h10-11,13,16-19,21,23,28-30H,8-9,12,14-15,20H2,1-7H3,(H,36,42)(H,38,39)(H,40,43)(H2,37,41,44)/t28-,29+,30?,35?/m0/s1. The number of fused-ring (bicyclic) bond motifs is 1. The third-order valence-electron chi connectivity index (χ3n) is 9.16. The summed E-state index contributed by atoms with van der Waals surface area (Å²) in [4.78, 5) is 48.2. The van der Waals surface area contributed by atoms with E-state index in [2.05, 4.69) is 59.2 Å². The highest BCUT2D eigenvalue weighted by atomic mass is 16.5. The number of nitrogens with zero attached hydrogens (tertiary/aromatic N) is 1. The molecule has 1 aliphatic rings. The van der Waals surface area contributed by atoms with Crippen LogP contribution in [0.4, 0.5) is 4.79 Å². The Balaban J connectivity index is 1.72. The Labute approximate surface area is 266 Å². The summed E-state index contributed by atoms with van der Waals surface area (Å²) in [6.07, 6.45) is 2.89. The first-order chi connectivity index (χ1) is 21.5. The number of aryl methyl sites for hydroxylation is 1. The van der Waals surface area contributed by atoms with E-state index in [0.717, 1.165) is 47.0 Å². The lowest BCUT2D eigenvalue weighted by Crippen LogP contribution is -2.57. The predicted molar refractivity (Wildman–Crippen MR) is 177 cm³/mol. The number of aromatic nitrogens is 2. The van der Waals surface area contributed by atoms with Crippen LogP contribution in [0, 0.1) is 18.8 Å². The van der Waals surface area contributed by atoms with Crippen molar-refractivity contribution in [1.29, 1.82) is 0 Å². The van der Waals surface area contributed by atoms with Gasteiger partial charge in [0.2, 0.25) is 11.8 Å². The molecule has 1 aliphatic carbocycles. The molecule has 4 amide bonds. The Morgan fingerprint density at radius 1 is 1.04 bits per heavy atom. The lowest BCUT2D eigenvalue weighted by Gasteiger charge is -2.36. The second-order valence-electron chi connectivity index (χ2n) is 12.8. The normalized spacial score (nSPS) is 16.7. The Bertz CT molecular complexity index is 1480. The van der Waals surface area contributed by atoms with Gasteiger partial charge in [0.05, 0.1) is 29.1 Å². The number of imidazole rings is 1. The highest BCUT2D eigenvalue weighted by molar-refractivity contribution is 5.94. The fourth-order valence-electron chi connectivity index (χ4n) is 6.41. The average molecular weight is 619 g/mol. The number of nitrogens with one attached hydrogen (secondary N) is 5. The molecule has 0 radical (unpaired) electrons. The number of methoxy groups -OCH3 is 1. The van der Waals surface area contributed by atoms with Gasteiger partial charge in [0.25, 0.3) is 0 Å². The maximum absolute atomic E-state index is 14.0. The number of H-pyrrole nitrogens is 1. The molecule has 2 unspecified atom stereocenters. The molecule has 1 saturated carbocycles. The van der Waals surface area contributed by atoms with Gasteiger partial charge in [-0.15, -0.1) is 0 Å². The lowest BCUT2D eigenvalue weighted by molar-refractivity contribution is -0.135. The van der Waals surface area contributed by atoms with Gasteiger partial charge in [-0.3, -0.25) is 9.59 Å². The molecule has 4 rings (SSSR count). The maximum atomic E-state index is 14.0. The predicted octanol–water partition coefficient (Wildman–Crippen LogP) is 5.00. The van der Waals surface area contributed by atoms with E-state index < -0.39 is 17.5 Å². The summed E-state index contributed by atoms with van der Waals surface area (Å²) in [6, 6.07) is 12.7. The largest absolute Gasteiger partial charge is 0.383 e. The van der Waals surface area contributed by atoms with Gasteiger partial charge >= 0.3 is 6.03 Å². The van der Waals surface area contributed by atoms with Gasteiger partial charge in [-0.2, -0.15) is 0 Å². The Hall–Kier alpha value is -3.92. The Morgan fingerprint density at radius 3 is 2.36 bits per heavy atom. The molecule has 2 aromatic carbocycles. The third kappa shape index (κ3) is 7.49. The van der Waals surface area contributed by atoms with Crippen LogP contribution in [0.1, 0.15) is 88.4 Å². The average Bonchev–Trinajstić information content (AvgIpc) is 3.40. The van der Waals surface area contributed by atoms with Crippen LogP contribution in [-0.2, 0) is 19.7 Å². The number of urea groups is 1. The SMILES string of the molecule is CCNC(=O)NC(c1nc2ccc(C(C)(COC)C(=O)N[C@@H](C(=O)NCC)C3CCC3)cc2[nH]1)[C@H](c1ccccc1C)C(C)C. The first-order valence-corrected chi connectivity index (χ1v) is 16.2. The van der Waals surface area contributed by atoms with E-state index in [4.69, 9.17) is 9.72 Å². The van der Waals surface area contributed by atoms with Crippen molar-refractivity contribution >= 4 is 28.9 Å². The van der Waals surface area contributed by atoms with Crippen LogP contribution in [0.3, 0.4) is 0 Å². The molecule has 244 valence electrons. The molecule has 10 heteroatoms. The number of rotatable bonds is 14. The first-order valence-electron chi connectivity index (χ1n) is 16.2. The smallest absolute Gasteiger partial charge is 0.315 e. The fraction of sp³-hybridized carbons (Fsp3) is 0.543. The van der Waals surface area contributed by atoms with E-state index in [9.17, 15) is 14.4 Å². The second-order valence-corrected chi connectivity index (χ2v) is 12.8. The van der Waals surface area contributed by atoms with Crippen molar-refractivity contribution in [3.63, 3.8) is 0 Å². The van der Waals surface area contributed by atoms with Gasteiger partial charge in [0.15, 0.2) is 0 Å². The number of hydrogen-bond donors (Lipinski definition) is 5. The van der Waals surface area contributed by atoms with Crippen molar-refractivity contribution in [3.8, 4) is 0 Å². The van der Waals surface area contributed by atoms with E-state index in [1.807, 2.05) is 51.1 Å². The zero-order valence-electron chi connectivity index (χ0n) is 27.8. The summed E-state index contributed by atoms with van der Waals surface area (Å²) in [5.74, 6) is 0.473. The summed E-state index contributed by atoms with van der Waals surface area (Å²) in [6.45, 7) is 13.1. The summed E-state index contributed by atoms with van der Waals surface area (Å²) in [5, 5.41) is 12.0. The van der Waals surface area contributed by atoms with Gasteiger partial charge in [0.1, 0.15) is 11.9 Å². The van der Waals surface area contributed by atoms with Crippen LogP contribution < -0.4 is 21.3 Å². The van der Waals surface area contributed by atoms with Crippen molar-refractivity contribution in [3.05, 3.63) is 65.0 Å². The Morgan fingerprint density at radius 2 is 1.76 bits per heavy atom. The summed E-state index contributed by atoms with van der Waals surface area (Å²) in [7, 11) is 1.57. The number of aromatic amines is 1. The summed E-state index contributed by atoms with van der Waals surface area (Å²) in [5.41, 5.74) is 3.42. The molecule has 3 aromatic rings. The Kier molecular flexibility index (Phi) is 11.3. The molecule has 1 heterocycles. The number of ether oxygens (including phenoxy) is 1. The van der Waals surface area contributed by atoms with Gasteiger partial charge in [-0.25, -0.2) is 9.78 Å². The number of likely N-dealkylation sites (N-methyl/N-ethyl adjacent to an activating group) is 1. The molecule has 0 bridgehead atoms. The molecule has 45 heavy (non-hydrogen) atoms. The van der Waals surface area contributed by atoms with Crippen LogP contribution in [-0.4, -0.2) is 60.7 Å². The van der Waals surface area contributed by atoms with E-state index in [0.29, 0.717) is 18.9 Å². The van der Waals surface area contributed by atoms with Gasteiger partial charge in [0, 0.05) is 26.1 Å². The molecule has 1 aromatic heterocycles. The minimum Gasteiger partial charge on any atom is -0.383 e. The van der Waals surface area contributed by atoms with Crippen LogP contribution in [0.25, 0.3) is 11.0 Å². The minimum absolute atomic E-state index is 0.0592. The van der Waals surface area contributed by atoms with Gasteiger partial charge < -0.3 is 31.0 Å². The molecule has 5 N–H and O–H groups in total. The van der Waals surface area contributed by atoms with Crippen molar-refractivity contribution < 1.29 is 19.1 Å². The van der Waals surface area contributed by atoms with Crippen LogP contribution in [0.2, 0.25) is 0 Å². The highest BCUT2D eigenvalue weighted by Crippen LogP contribution is 2.39. The molecule has 0 spiro atoms. The van der Waals surface area contributed by atoms with Crippen LogP contribution >= 0.6 is 0 Å². The number of carbonyl (C=O) groups is 3. The van der Waals surface area contributed by atoms with Crippen molar-refractivity contribution in [2.45, 2.75) is 84.2 Å². The number of amides is 4. The number of carbonyl (C=O) groups excluding carboxylic acids is 3. The summed E-state index contributed by atoms with van der Waals surface area (Å²) < 4.78 is 5.57. The van der Waals surface area contributed by atoms with Crippen molar-refractivity contribution in [2.24, 2.45) is 11.8 Å². The zero-order valence-corrected chi connectivity index (χ0v) is 27.8. The summed E-state index contributed by atoms with van der Waals surface area (Å²) >= 11 is 0. The lowest BCUT2D eigenvalue weighted by atomic mass is 9.77. The molecular formula is C35H50N6O4. The molecule has 0 saturated heterocycles. The second kappa shape index (κ2) is 14.9. The van der Waals surface area contributed by atoms with Crippen molar-refractivity contribution in [1.82, 2.24) is 31.2 Å². The molecule has 0 aliphatic heterocycles. The fourth-order valence-corrected chi connectivity index (χ4v) is 6.41. The van der Waals surface area contributed by atoms with Gasteiger partial charge in [-0.05, 0) is 81.2 Å². The number of hydrogen-bond acceptors (Lipinski definition) is 5. The van der Waals surface area contributed by atoms with E-state index in [1.54, 1.807) is 7.11 Å². The molecule has 1 fully saturated rings. The quantitative estimate of drug-likeness (QED) is 0.173. The van der Waals surface area contributed by atoms with E-state index in [1.165, 1.54) is 0 Å². The van der Waals surface area contributed by atoms with E-state index in [-0.39, 0.29) is 42.2 Å². The molecule has 10 nitrogen and oxygen atoms in total. The third-order valence-corrected chi connectivity index (χ3v) is 9.16. The monoisotopic (exact) mass is 618 g/mol. The van der Waals surface area contributed by atoms with Crippen LogP contribution in [0.5, 0.6) is 0 Å². The topological polar surface area (TPSA) is 137 Å². The number of benzene rings is 2. The zero-order chi connectivity index (χ0) is 32.7. The first kappa shape index (κ1) is 34.0. The molecular weight excluding hydrogens is 568 g/mol. The van der Waals surface area contributed by atoms with Gasteiger partial charge in [-0.1, -0.05) is 50.6 Å². The van der Waals surface area contributed by atoms with Crippen molar-refractivity contribution in [2.75, 3.05) is 26.8 Å². The minimum atomic E-state index is -1.07. The highest BCUT2D eigenvalue weighted by Gasteiger charge is 2.41. The maximum Gasteiger partial charge on any atom is 0.315 e. The van der Waals surface area contributed by atoms with Crippen LogP contribution in [0.15, 0.2) is 42.5 Å².